The van der Waals surface area contributed by atoms with Gasteiger partial charge in [0.05, 0.1) is 0 Å². The van der Waals surface area contributed by atoms with Crippen LogP contribution in [0.2, 0.25) is 0 Å². The van der Waals surface area contributed by atoms with Crippen molar-refractivity contribution in [1.29, 1.82) is 0 Å². The van der Waals surface area contributed by atoms with Crippen LogP contribution in [-0.2, 0) is 0 Å². The quantitative estimate of drug-likeness (QED) is 0.548. The number of allylic oxidation sites excluding steroid dienone is 4. The largest absolute Gasteiger partial charge is 0.0850 e. The van der Waals surface area contributed by atoms with Gasteiger partial charge in [-0.2, -0.15) is 0 Å². The molecular weight excluding hydrogens is 180 g/mol. The van der Waals surface area contributed by atoms with Crippen molar-refractivity contribution in [2.75, 3.05) is 0 Å². The second-order valence-corrected chi connectivity index (χ2v) is 5.85. The first kappa shape index (κ1) is 11.0. The fourth-order valence-electron chi connectivity index (χ4n) is 3.49. The second-order valence-electron chi connectivity index (χ2n) is 5.85. The summed E-state index contributed by atoms with van der Waals surface area (Å²) in [5, 5.41) is 0. The molecule has 0 spiro atoms. The predicted octanol–water partition coefficient (Wildman–Crippen LogP) is 4.58. The third kappa shape index (κ3) is 2.04. The molecule has 2 rings (SSSR count). The monoisotopic (exact) mass is 204 g/mol. The van der Waals surface area contributed by atoms with Crippen LogP contribution < -0.4 is 0 Å². The molecule has 0 heterocycles. The summed E-state index contributed by atoms with van der Waals surface area (Å²) in [5.74, 6) is 3.55. The molecule has 0 aromatic heterocycles. The highest BCUT2D eigenvalue weighted by Crippen LogP contribution is 2.45. The summed E-state index contributed by atoms with van der Waals surface area (Å²) < 4.78 is 0. The van der Waals surface area contributed by atoms with Crippen molar-refractivity contribution in [3.63, 3.8) is 0 Å². The molecule has 0 unspecified atom stereocenters. The van der Waals surface area contributed by atoms with Gasteiger partial charge >= 0.3 is 0 Å². The Morgan fingerprint density at radius 2 is 1.87 bits per heavy atom. The second kappa shape index (κ2) is 4.15. The van der Waals surface area contributed by atoms with Crippen molar-refractivity contribution in [3.8, 4) is 0 Å². The maximum absolute atomic E-state index is 2.50. The molecular formula is C15H24. The molecule has 0 saturated carbocycles. The van der Waals surface area contributed by atoms with Crippen LogP contribution in [-0.4, -0.2) is 0 Å². The van der Waals surface area contributed by atoms with E-state index < -0.39 is 0 Å². The number of fused-ring (bicyclic) bond motifs is 1. The molecule has 0 fully saturated rings. The van der Waals surface area contributed by atoms with E-state index in [1.54, 1.807) is 11.1 Å². The lowest BCUT2D eigenvalue weighted by molar-refractivity contribution is 0.175. The zero-order valence-electron chi connectivity index (χ0n) is 10.6. The summed E-state index contributed by atoms with van der Waals surface area (Å²) in [5.41, 5.74) is 3.28. The molecule has 0 bridgehead atoms. The van der Waals surface area contributed by atoms with Crippen LogP contribution in [0.1, 0.15) is 47.0 Å². The summed E-state index contributed by atoms with van der Waals surface area (Å²) >= 11 is 0. The van der Waals surface area contributed by atoms with Crippen LogP contribution in [0.4, 0.5) is 0 Å². The van der Waals surface area contributed by atoms with Gasteiger partial charge in [0.15, 0.2) is 0 Å². The molecule has 0 aromatic rings. The van der Waals surface area contributed by atoms with E-state index in [1.165, 1.54) is 19.3 Å². The van der Waals surface area contributed by atoms with Gasteiger partial charge in [-0.15, -0.1) is 0 Å². The lowest BCUT2D eigenvalue weighted by atomic mass is 9.63. The highest BCUT2D eigenvalue weighted by molar-refractivity contribution is 5.19. The van der Waals surface area contributed by atoms with Crippen LogP contribution >= 0.6 is 0 Å². The number of hydrogen-bond donors (Lipinski definition) is 0. The fourth-order valence-corrected chi connectivity index (χ4v) is 3.49. The molecule has 0 heteroatoms. The van der Waals surface area contributed by atoms with E-state index in [1.807, 2.05) is 0 Å². The van der Waals surface area contributed by atoms with Crippen LogP contribution in [0.25, 0.3) is 0 Å². The Kier molecular flexibility index (Phi) is 3.04. The minimum atomic E-state index is 0.841. The first-order chi connectivity index (χ1) is 7.09. The van der Waals surface area contributed by atoms with Crippen molar-refractivity contribution in [3.05, 3.63) is 23.3 Å². The van der Waals surface area contributed by atoms with Crippen molar-refractivity contribution in [2.45, 2.75) is 47.0 Å². The molecule has 0 saturated heterocycles. The smallest absolute Gasteiger partial charge is 0.0137 e. The Labute approximate surface area is 94.5 Å². The summed E-state index contributed by atoms with van der Waals surface area (Å²) in [6, 6.07) is 0. The Hall–Kier alpha value is -0.520. The van der Waals surface area contributed by atoms with Crippen molar-refractivity contribution < 1.29 is 0 Å². The van der Waals surface area contributed by atoms with E-state index in [9.17, 15) is 0 Å². The van der Waals surface area contributed by atoms with Gasteiger partial charge in [-0.05, 0) is 56.8 Å². The Bertz CT molecular complexity index is 293. The molecule has 0 amide bonds. The van der Waals surface area contributed by atoms with Crippen molar-refractivity contribution in [2.24, 2.45) is 23.7 Å². The molecule has 84 valence electrons. The lowest BCUT2D eigenvalue weighted by Gasteiger charge is -2.42. The van der Waals surface area contributed by atoms with Gasteiger partial charge in [-0.25, -0.2) is 0 Å². The van der Waals surface area contributed by atoms with Crippen molar-refractivity contribution >= 4 is 0 Å². The van der Waals surface area contributed by atoms with Gasteiger partial charge < -0.3 is 0 Å². The molecule has 2 aliphatic rings. The van der Waals surface area contributed by atoms with Gasteiger partial charge in [-0.1, -0.05) is 37.1 Å². The molecule has 15 heavy (non-hydrogen) atoms. The predicted molar refractivity (Wildman–Crippen MR) is 66.7 cm³/mol. The van der Waals surface area contributed by atoms with E-state index in [-0.39, 0.29) is 0 Å². The number of rotatable bonds is 1. The van der Waals surface area contributed by atoms with Crippen LogP contribution in [0.3, 0.4) is 0 Å². The minimum Gasteiger partial charge on any atom is -0.0850 e. The van der Waals surface area contributed by atoms with Gasteiger partial charge in [0, 0.05) is 0 Å². The Balaban J connectivity index is 2.24. The highest BCUT2D eigenvalue weighted by Gasteiger charge is 2.35. The summed E-state index contributed by atoms with van der Waals surface area (Å²) in [4.78, 5) is 0. The van der Waals surface area contributed by atoms with E-state index >= 15 is 0 Å². The zero-order valence-corrected chi connectivity index (χ0v) is 10.6. The summed E-state index contributed by atoms with van der Waals surface area (Å²) in [6.07, 6.45) is 8.92. The maximum atomic E-state index is 2.50. The SMILES string of the molecule is CC1=CC[C@@H]2C(C)=CC[C@@H](C(C)C)[C@@H]2C1. The molecule has 0 N–H and O–H groups in total. The van der Waals surface area contributed by atoms with Crippen molar-refractivity contribution in [1.82, 2.24) is 0 Å². The molecule has 0 radical (unpaired) electrons. The molecule has 2 aliphatic carbocycles. The van der Waals surface area contributed by atoms with Crippen LogP contribution in [0, 0.1) is 23.7 Å². The minimum absolute atomic E-state index is 0.841. The zero-order chi connectivity index (χ0) is 11.0. The number of hydrogen-bond acceptors (Lipinski definition) is 0. The van der Waals surface area contributed by atoms with Gasteiger partial charge in [0.1, 0.15) is 0 Å². The highest BCUT2D eigenvalue weighted by atomic mass is 14.4. The van der Waals surface area contributed by atoms with Gasteiger partial charge in [0.25, 0.3) is 0 Å². The van der Waals surface area contributed by atoms with E-state index in [2.05, 4.69) is 39.8 Å². The van der Waals surface area contributed by atoms with E-state index in [4.69, 9.17) is 0 Å². The fraction of sp³-hybridized carbons (Fsp3) is 0.733. The third-order valence-electron chi connectivity index (χ3n) is 4.50. The summed E-state index contributed by atoms with van der Waals surface area (Å²) in [6.45, 7) is 9.43. The average molecular weight is 204 g/mol. The van der Waals surface area contributed by atoms with Crippen LogP contribution in [0.5, 0.6) is 0 Å². The average Bonchev–Trinajstić information content (AvgIpc) is 2.17. The van der Waals surface area contributed by atoms with E-state index in [0.29, 0.717) is 0 Å². The first-order valence-electron chi connectivity index (χ1n) is 6.42. The molecule has 0 aliphatic heterocycles. The van der Waals surface area contributed by atoms with E-state index in [0.717, 1.165) is 23.7 Å². The first-order valence-corrected chi connectivity index (χ1v) is 6.42. The Morgan fingerprint density at radius 1 is 1.13 bits per heavy atom. The molecule has 0 aromatic carbocycles. The summed E-state index contributed by atoms with van der Waals surface area (Å²) in [7, 11) is 0. The topological polar surface area (TPSA) is 0 Å². The normalized spacial score (nSPS) is 35.9. The van der Waals surface area contributed by atoms with Gasteiger partial charge in [-0.3, -0.25) is 0 Å². The van der Waals surface area contributed by atoms with Crippen LogP contribution in [0.15, 0.2) is 23.3 Å². The maximum Gasteiger partial charge on any atom is -0.0137 e. The molecule has 3 atom stereocenters. The van der Waals surface area contributed by atoms with Gasteiger partial charge in [0.2, 0.25) is 0 Å². The molecule has 0 nitrogen and oxygen atoms in total. The lowest BCUT2D eigenvalue weighted by Crippen LogP contribution is -2.32. The Morgan fingerprint density at radius 3 is 2.53 bits per heavy atom. The standard InChI is InChI=1S/C15H24/c1-10(2)13-8-6-12(4)14-7-5-11(3)9-15(13)14/h5-6,10,13-15H,7-9H2,1-4H3/t13-,14+,15-/m0/s1. The third-order valence-corrected chi connectivity index (χ3v) is 4.50.